The summed E-state index contributed by atoms with van der Waals surface area (Å²) in [6.45, 7) is 2.48. The third-order valence-electron chi connectivity index (χ3n) is 3.71. The zero-order valence-corrected chi connectivity index (χ0v) is 17.9. The second-order valence-corrected chi connectivity index (χ2v) is 8.72. The SMILES string of the molecule is CCOc1ccc(NC(=O)/C(C#N)=C\c2ccc(Sc3ccc(Cl)cc3)s2)cc1. The topological polar surface area (TPSA) is 62.1 Å². The van der Waals surface area contributed by atoms with Crippen LogP contribution in [-0.2, 0) is 4.79 Å². The fraction of sp³-hybridized carbons (Fsp3) is 0.0909. The van der Waals surface area contributed by atoms with E-state index in [4.69, 9.17) is 16.3 Å². The fourth-order valence-corrected chi connectivity index (χ4v) is 4.57. The first-order chi connectivity index (χ1) is 14.1. The zero-order chi connectivity index (χ0) is 20.6. The Hall–Kier alpha value is -2.72. The lowest BCUT2D eigenvalue weighted by atomic mass is 10.2. The molecule has 3 rings (SSSR count). The summed E-state index contributed by atoms with van der Waals surface area (Å²) in [6.07, 6.45) is 1.60. The smallest absolute Gasteiger partial charge is 0.266 e. The Morgan fingerprint density at radius 1 is 1.17 bits per heavy atom. The molecular weight excluding hydrogens is 424 g/mol. The molecule has 1 heterocycles. The maximum Gasteiger partial charge on any atom is 0.266 e. The van der Waals surface area contributed by atoms with Gasteiger partial charge in [0.1, 0.15) is 17.4 Å². The summed E-state index contributed by atoms with van der Waals surface area (Å²) in [7, 11) is 0. The number of nitrogens with zero attached hydrogens (tertiary/aromatic N) is 1. The van der Waals surface area contributed by atoms with Crippen LogP contribution in [-0.4, -0.2) is 12.5 Å². The van der Waals surface area contributed by atoms with Crippen LogP contribution in [0.2, 0.25) is 5.02 Å². The van der Waals surface area contributed by atoms with Crippen LogP contribution < -0.4 is 10.1 Å². The van der Waals surface area contributed by atoms with E-state index in [0.717, 1.165) is 19.7 Å². The molecule has 0 saturated heterocycles. The molecule has 1 N–H and O–H groups in total. The molecule has 0 aliphatic rings. The third-order valence-corrected chi connectivity index (χ3v) is 6.13. The lowest BCUT2D eigenvalue weighted by Crippen LogP contribution is -2.13. The highest BCUT2D eigenvalue weighted by atomic mass is 35.5. The van der Waals surface area contributed by atoms with Crippen molar-refractivity contribution in [1.82, 2.24) is 0 Å². The number of carbonyl (C=O) groups excluding carboxylic acids is 1. The van der Waals surface area contributed by atoms with Gasteiger partial charge >= 0.3 is 0 Å². The average Bonchev–Trinajstić information content (AvgIpc) is 3.16. The van der Waals surface area contributed by atoms with Gasteiger partial charge in [-0.2, -0.15) is 5.26 Å². The summed E-state index contributed by atoms with van der Waals surface area (Å²) >= 11 is 9.03. The van der Waals surface area contributed by atoms with Crippen molar-refractivity contribution in [2.75, 3.05) is 11.9 Å². The first-order valence-corrected chi connectivity index (χ1v) is 10.8. The van der Waals surface area contributed by atoms with E-state index < -0.39 is 5.91 Å². The second kappa shape index (κ2) is 10.2. The first kappa shape index (κ1) is 21.0. The van der Waals surface area contributed by atoms with Gasteiger partial charge in [0.15, 0.2) is 0 Å². The molecule has 3 aromatic rings. The zero-order valence-electron chi connectivity index (χ0n) is 15.5. The Labute approximate surface area is 182 Å². The number of anilines is 1. The Bertz CT molecular complexity index is 1050. The number of rotatable bonds is 7. The van der Waals surface area contributed by atoms with Gasteiger partial charge in [0.05, 0.1) is 10.8 Å². The maximum atomic E-state index is 12.4. The molecule has 0 spiro atoms. The van der Waals surface area contributed by atoms with E-state index in [0.29, 0.717) is 17.3 Å². The molecule has 0 radical (unpaired) electrons. The number of hydrogen-bond acceptors (Lipinski definition) is 5. The Kier molecular flexibility index (Phi) is 7.36. The fourth-order valence-electron chi connectivity index (χ4n) is 2.38. The van der Waals surface area contributed by atoms with Crippen LogP contribution in [0.1, 0.15) is 11.8 Å². The van der Waals surface area contributed by atoms with Crippen molar-refractivity contribution in [3.05, 3.63) is 76.1 Å². The highest BCUT2D eigenvalue weighted by Gasteiger charge is 2.11. The normalized spacial score (nSPS) is 11.0. The van der Waals surface area contributed by atoms with E-state index in [1.807, 2.05) is 49.4 Å². The molecule has 0 unspecified atom stereocenters. The van der Waals surface area contributed by atoms with Crippen LogP contribution in [0.25, 0.3) is 6.08 Å². The lowest BCUT2D eigenvalue weighted by Gasteiger charge is -2.06. The lowest BCUT2D eigenvalue weighted by molar-refractivity contribution is -0.112. The van der Waals surface area contributed by atoms with Gasteiger partial charge in [-0.25, -0.2) is 0 Å². The van der Waals surface area contributed by atoms with Crippen molar-refractivity contribution < 1.29 is 9.53 Å². The van der Waals surface area contributed by atoms with Gasteiger partial charge in [-0.1, -0.05) is 23.4 Å². The van der Waals surface area contributed by atoms with Gasteiger partial charge in [-0.15, -0.1) is 11.3 Å². The molecule has 0 aliphatic heterocycles. The molecule has 0 atom stereocenters. The van der Waals surface area contributed by atoms with Crippen LogP contribution in [0, 0.1) is 11.3 Å². The van der Waals surface area contributed by atoms with E-state index in [1.54, 1.807) is 42.1 Å². The first-order valence-electron chi connectivity index (χ1n) is 8.76. The molecule has 146 valence electrons. The van der Waals surface area contributed by atoms with Crippen LogP contribution in [0.15, 0.2) is 75.3 Å². The van der Waals surface area contributed by atoms with Gasteiger partial charge in [0.2, 0.25) is 0 Å². The highest BCUT2D eigenvalue weighted by Crippen LogP contribution is 2.34. The molecule has 0 fully saturated rings. The molecule has 2 aromatic carbocycles. The van der Waals surface area contributed by atoms with Crippen molar-refractivity contribution >= 4 is 52.4 Å². The van der Waals surface area contributed by atoms with Gasteiger partial charge < -0.3 is 10.1 Å². The maximum absolute atomic E-state index is 12.4. The van der Waals surface area contributed by atoms with E-state index >= 15 is 0 Å². The predicted octanol–water partition coefficient (Wildman–Crippen LogP) is 6.50. The summed E-state index contributed by atoms with van der Waals surface area (Å²) in [5.41, 5.74) is 0.647. The molecule has 4 nitrogen and oxygen atoms in total. The Morgan fingerprint density at radius 3 is 2.55 bits per heavy atom. The van der Waals surface area contributed by atoms with E-state index in [9.17, 15) is 10.1 Å². The number of carbonyl (C=O) groups is 1. The molecular formula is C22H17ClN2O2S2. The summed E-state index contributed by atoms with van der Waals surface area (Å²) in [4.78, 5) is 14.3. The minimum atomic E-state index is -0.447. The molecule has 29 heavy (non-hydrogen) atoms. The van der Waals surface area contributed by atoms with Crippen molar-refractivity contribution in [3.8, 4) is 11.8 Å². The molecule has 7 heteroatoms. The summed E-state index contributed by atoms with van der Waals surface area (Å²) < 4.78 is 6.44. The molecule has 0 bridgehead atoms. The van der Waals surface area contributed by atoms with Gasteiger partial charge in [0.25, 0.3) is 5.91 Å². The van der Waals surface area contributed by atoms with E-state index in [2.05, 4.69) is 5.32 Å². The number of ether oxygens (including phenoxy) is 1. The quantitative estimate of drug-likeness (QED) is 0.336. The third kappa shape index (κ3) is 6.13. The number of hydrogen-bond donors (Lipinski definition) is 1. The summed E-state index contributed by atoms with van der Waals surface area (Å²) in [5, 5.41) is 12.8. The minimum Gasteiger partial charge on any atom is -0.494 e. The van der Waals surface area contributed by atoms with Crippen LogP contribution >= 0.6 is 34.7 Å². The van der Waals surface area contributed by atoms with Crippen LogP contribution in [0.4, 0.5) is 5.69 Å². The second-order valence-electron chi connectivity index (χ2n) is 5.79. The number of nitrogens with one attached hydrogen (secondary N) is 1. The Morgan fingerprint density at radius 2 is 1.90 bits per heavy atom. The largest absolute Gasteiger partial charge is 0.494 e. The molecule has 1 amide bonds. The van der Waals surface area contributed by atoms with Gasteiger partial charge in [-0.05, 0) is 73.7 Å². The minimum absolute atomic E-state index is 0.0452. The average molecular weight is 441 g/mol. The number of benzene rings is 2. The molecule has 0 aliphatic carbocycles. The van der Waals surface area contributed by atoms with Crippen molar-refractivity contribution in [3.63, 3.8) is 0 Å². The number of nitriles is 1. The van der Waals surface area contributed by atoms with E-state index in [-0.39, 0.29) is 5.57 Å². The number of thiophene rings is 1. The monoisotopic (exact) mass is 440 g/mol. The highest BCUT2D eigenvalue weighted by molar-refractivity contribution is 8.01. The molecule has 0 saturated carbocycles. The van der Waals surface area contributed by atoms with Crippen molar-refractivity contribution in [2.45, 2.75) is 16.0 Å². The van der Waals surface area contributed by atoms with Crippen LogP contribution in [0.5, 0.6) is 5.75 Å². The summed E-state index contributed by atoms with van der Waals surface area (Å²) in [6, 6.07) is 20.5. The van der Waals surface area contributed by atoms with Gasteiger partial charge in [0, 0.05) is 20.5 Å². The predicted molar refractivity (Wildman–Crippen MR) is 120 cm³/mol. The van der Waals surface area contributed by atoms with Gasteiger partial charge in [-0.3, -0.25) is 4.79 Å². The Balaban J connectivity index is 1.67. The van der Waals surface area contributed by atoms with Crippen molar-refractivity contribution in [1.29, 1.82) is 5.26 Å². The van der Waals surface area contributed by atoms with Crippen molar-refractivity contribution in [2.24, 2.45) is 0 Å². The van der Waals surface area contributed by atoms with Crippen LogP contribution in [0.3, 0.4) is 0 Å². The number of halogens is 1. The number of amides is 1. The molecule has 1 aromatic heterocycles. The summed E-state index contributed by atoms with van der Waals surface area (Å²) in [5.74, 6) is 0.280. The standard InChI is InChI=1S/C22H17ClN2O2S2/c1-2-27-18-7-5-17(6-8-18)25-22(26)15(14-24)13-20-11-12-21(29-20)28-19-9-3-16(23)4-10-19/h3-13H,2H2,1H3,(H,25,26)/b15-13-. The van der Waals surface area contributed by atoms with E-state index in [1.165, 1.54) is 11.3 Å².